The van der Waals surface area contributed by atoms with Gasteiger partial charge < -0.3 is 11.4 Å². The molecule has 0 heterocycles. The first kappa shape index (κ1) is 14.4. The van der Waals surface area contributed by atoms with Crippen molar-refractivity contribution in [1.29, 1.82) is 0 Å². The van der Waals surface area contributed by atoms with Gasteiger partial charge in [0, 0.05) is 19.8 Å². The average molecular weight is 218 g/mol. The van der Waals surface area contributed by atoms with Gasteiger partial charge in [-0.1, -0.05) is 27.2 Å². The highest BCUT2D eigenvalue weighted by molar-refractivity contribution is 6.36. The Morgan fingerprint density at radius 2 is 1.21 bits per heavy atom. The van der Waals surface area contributed by atoms with Crippen LogP contribution in [0.15, 0.2) is 0 Å². The van der Waals surface area contributed by atoms with Gasteiger partial charge in [-0.25, -0.2) is 0 Å². The first-order chi connectivity index (χ1) is 6.85. The van der Waals surface area contributed by atoms with Crippen LogP contribution in [-0.2, 0) is 11.4 Å². The second-order valence-corrected chi connectivity index (χ2v) is 4.83. The molecule has 3 nitrogen and oxygen atoms in total. The topological polar surface area (TPSA) is 27.7 Å². The van der Waals surface area contributed by atoms with E-state index >= 15 is 0 Å². The van der Waals surface area contributed by atoms with E-state index in [9.17, 15) is 0 Å². The lowest BCUT2D eigenvalue weighted by Crippen LogP contribution is -2.28. The van der Waals surface area contributed by atoms with Crippen molar-refractivity contribution in [2.24, 2.45) is 0 Å². The zero-order chi connectivity index (χ0) is 10.6. The van der Waals surface area contributed by atoms with Gasteiger partial charge in [0.05, 0.1) is 0 Å². The number of hydrogen-bond donors (Lipinski definition) is 0. The predicted octanol–water partition coefficient (Wildman–Crippen LogP) is 2.64. The van der Waals surface area contributed by atoms with Crippen LogP contribution < -0.4 is 0 Å². The highest BCUT2D eigenvalue weighted by atomic mass is 27.3. The van der Waals surface area contributed by atoms with E-state index < -0.39 is 15.1 Å². The zero-order valence-electron chi connectivity index (χ0n) is 9.75. The van der Waals surface area contributed by atoms with Crippen molar-refractivity contribution < 1.29 is 11.4 Å². The molecule has 0 aromatic carbocycles. The second-order valence-electron chi connectivity index (χ2n) is 3.25. The molecule has 0 amide bonds. The van der Waals surface area contributed by atoms with Crippen LogP contribution in [0.4, 0.5) is 0 Å². The van der Waals surface area contributed by atoms with E-state index in [4.69, 9.17) is 11.4 Å². The second kappa shape index (κ2) is 11.5. The average Bonchev–Trinajstić information content (AvgIpc) is 2.21. The zero-order valence-corrected chi connectivity index (χ0v) is 10.9. The van der Waals surface area contributed by atoms with Gasteiger partial charge in [-0.05, 0) is 19.3 Å². The molecule has 84 valence electrons. The van der Waals surface area contributed by atoms with E-state index in [2.05, 4.69) is 20.8 Å². The molecule has 14 heavy (non-hydrogen) atoms. The lowest BCUT2D eigenvalue weighted by molar-refractivity contribution is 0.0922. The fraction of sp³-hybridized carbons (Fsp3) is 1.00. The molecule has 0 spiro atoms. The van der Waals surface area contributed by atoms with E-state index in [-0.39, 0.29) is 0 Å². The molecule has 0 aliphatic carbocycles. The normalized spacial score (nSPS) is 10.5. The summed E-state index contributed by atoms with van der Waals surface area (Å²) < 4.78 is 16.6. The van der Waals surface area contributed by atoms with Crippen molar-refractivity contribution in [1.82, 2.24) is 0 Å². The van der Waals surface area contributed by atoms with Gasteiger partial charge in [0.1, 0.15) is 0 Å². The summed E-state index contributed by atoms with van der Waals surface area (Å²) in [6.45, 7) is 8.63. The summed E-state index contributed by atoms with van der Waals surface area (Å²) in [6.07, 6.45) is 4.30. The molecule has 0 aromatic rings. The summed E-state index contributed by atoms with van der Waals surface area (Å²) >= 11 is -1.80. The van der Waals surface area contributed by atoms with Gasteiger partial charge in [-0.2, -0.15) is 0 Å². The quantitative estimate of drug-likeness (QED) is 0.417. The minimum absolute atomic E-state index is 0.757. The standard InChI is InChI=1S/C4H9O.2C3H7O.Al/c1-2-3-4-5;2*1-2-3-4;/h2-4H2,1H3;2*2-3H2,1H3;/q3*-1;+3. The molecule has 0 rings (SSSR count). The number of hydrogen-bond acceptors (Lipinski definition) is 3. The Balaban J connectivity index is 3.49. The summed E-state index contributed by atoms with van der Waals surface area (Å²) in [4.78, 5) is 0. The van der Waals surface area contributed by atoms with E-state index in [0.29, 0.717) is 0 Å². The summed E-state index contributed by atoms with van der Waals surface area (Å²) in [5, 5.41) is 0. The largest absolute Gasteiger partial charge is 0.905 e. The predicted molar refractivity (Wildman–Crippen MR) is 59.1 cm³/mol. The number of unbranched alkanes of at least 4 members (excludes halogenated alkanes) is 1. The summed E-state index contributed by atoms with van der Waals surface area (Å²) in [7, 11) is 0. The van der Waals surface area contributed by atoms with Crippen LogP contribution in [0.3, 0.4) is 0 Å². The van der Waals surface area contributed by atoms with E-state index in [1.165, 1.54) is 0 Å². The SMILES string of the molecule is CCCC[O][Al]([O]CCC)[O]CCC. The van der Waals surface area contributed by atoms with Crippen LogP contribution in [0.5, 0.6) is 0 Å². The maximum absolute atomic E-state index is 5.58. The van der Waals surface area contributed by atoms with Gasteiger partial charge in [0.15, 0.2) is 0 Å². The van der Waals surface area contributed by atoms with Crippen LogP contribution >= 0.6 is 0 Å². The lowest BCUT2D eigenvalue weighted by Gasteiger charge is -2.12. The van der Waals surface area contributed by atoms with Crippen molar-refractivity contribution >= 4 is 15.1 Å². The van der Waals surface area contributed by atoms with Crippen molar-refractivity contribution in [2.45, 2.75) is 46.5 Å². The van der Waals surface area contributed by atoms with E-state index in [0.717, 1.165) is 45.5 Å². The minimum Gasteiger partial charge on any atom is -0.454 e. The van der Waals surface area contributed by atoms with Crippen LogP contribution in [0, 0.1) is 0 Å². The summed E-state index contributed by atoms with van der Waals surface area (Å²) in [5.41, 5.74) is 0. The highest BCUT2D eigenvalue weighted by Crippen LogP contribution is 1.98. The Hall–Kier alpha value is 0.412. The summed E-state index contributed by atoms with van der Waals surface area (Å²) in [6, 6.07) is 0. The van der Waals surface area contributed by atoms with Crippen LogP contribution in [0.1, 0.15) is 46.5 Å². The first-order valence-electron chi connectivity index (χ1n) is 5.69. The van der Waals surface area contributed by atoms with Gasteiger partial charge >= 0.3 is 15.1 Å². The van der Waals surface area contributed by atoms with Gasteiger partial charge in [-0.3, -0.25) is 0 Å². The van der Waals surface area contributed by atoms with Gasteiger partial charge in [-0.15, -0.1) is 0 Å². The molecule has 0 atom stereocenters. The van der Waals surface area contributed by atoms with Crippen molar-refractivity contribution in [3.63, 3.8) is 0 Å². The lowest BCUT2D eigenvalue weighted by atomic mass is 10.4. The van der Waals surface area contributed by atoms with E-state index in [1.54, 1.807) is 0 Å². The molecule has 0 bridgehead atoms. The Morgan fingerprint density at radius 3 is 1.64 bits per heavy atom. The van der Waals surface area contributed by atoms with E-state index in [1.807, 2.05) is 0 Å². The molecular formula is C10H23AlO3. The fourth-order valence-electron chi connectivity index (χ4n) is 0.896. The third-order valence-electron chi connectivity index (χ3n) is 1.67. The maximum atomic E-state index is 5.58. The maximum Gasteiger partial charge on any atom is 0.905 e. The molecule has 0 saturated carbocycles. The summed E-state index contributed by atoms with van der Waals surface area (Å²) in [5.74, 6) is 0. The molecule has 4 heteroatoms. The fourth-order valence-corrected chi connectivity index (χ4v) is 2.40. The Morgan fingerprint density at radius 1 is 0.714 bits per heavy atom. The smallest absolute Gasteiger partial charge is 0.454 e. The first-order valence-corrected chi connectivity index (χ1v) is 7.11. The molecule has 0 saturated heterocycles. The molecule has 0 unspecified atom stereocenters. The molecule has 0 aliphatic rings. The monoisotopic (exact) mass is 218 g/mol. The minimum atomic E-state index is -1.80. The Bertz CT molecular complexity index is 104. The molecule has 0 aromatic heterocycles. The van der Waals surface area contributed by atoms with Crippen molar-refractivity contribution in [3.8, 4) is 0 Å². The van der Waals surface area contributed by atoms with Crippen LogP contribution in [0.2, 0.25) is 0 Å². The third-order valence-corrected chi connectivity index (χ3v) is 3.19. The van der Waals surface area contributed by atoms with Crippen LogP contribution in [0.25, 0.3) is 0 Å². The highest BCUT2D eigenvalue weighted by Gasteiger charge is 2.29. The molecule has 0 N–H and O–H groups in total. The molecule has 0 radical (unpaired) electrons. The van der Waals surface area contributed by atoms with Gasteiger partial charge in [0.2, 0.25) is 0 Å². The molecular weight excluding hydrogens is 195 g/mol. The number of rotatable bonds is 10. The van der Waals surface area contributed by atoms with Crippen molar-refractivity contribution in [2.75, 3.05) is 19.8 Å². The Kier molecular flexibility index (Phi) is 11.8. The van der Waals surface area contributed by atoms with Gasteiger partial charge in [0.25, 0.3) is 0 Å². The van der Waals surface area contributed by atoms with Crippen molar-refractivity contribution in [3.05, 3.63) is 0 Å². The third kappa shape index (κ3) is 8.99. The molecule has 0 fully saturated rings. The van der Waals surface area contributed by atoms with Crippen LogP contribution in [-0.4, -0.2) is 35.0 Å². The molecule has 0 aliphatic heterocycles. The Labute approximate surface area is 93.1 Å².